The van der Waals surface area contributed by atoms with Crippen molar-refractivity contribution in [2.45, 2.75) is 57.0 Å². The van der Waals surface area contributed by atoms with E-state index in [1.54, 1.807) is 0 Å². The first kappa shape index (κ1) is 14.4. The Bertz CT molecular complexity index is 718. The lowest BCUT2D eigenvalue weighted by atomic mass is 9.63. The maximum atomic E-state index is 13.0. The summed E-state index contributed by atoms with van der Waals surface area (Å²) in [5.74, 6) is 2.16. The van der Waals surface area contributed by atoms with E-state index in [4.69, 9.17) is 0 Å². The second kappa shape index (κ2) is 5.48. The van der Waals surface area contributed by atoms with Gasteiger partial charge in [-0.05, 0) is 31.7 Å². The van der Waals surface area contributed by atoms with Gasteiger partial charge in [0.15, 0.2) is 0 Å². The van der Waals surface area contributed by atoms with Crippen molar-refractivity contribution in [3.8, 4) is 0 Å². The fourth-order valence-electron chi connectivity index (χ4n) is 3.84. The first-order valence-electron chi connectivity index (χ1n) is 8.44. The Balaban J connectivity index is 1.51. The number of fused-ring (bicyclic) bond motifs is 1. The third-order valence-electron chi connectivity index (χ3n) is 5.44. The Labute approximate surface area is 136 Å². The first-order chi connectivity index (χ1) is 11.2. The van der Waals surface area contributed by atoms with Crippen LogP contribution in [0.1, 0.15) is 42.9 Å². The predicted octanol–water partition coefficient (Wildman–Crippen LogP) is 2.14. The fourth-order valence-corrected chi connectivity index (χ4v) is 3.84. The number of rotatable bonds is 3. The lowest BCUT2D eigenvalue weighted by Crippen LogP contribution is -2.53. The number of aryl methyl sites for hydroxylation is 2. The van der Waals surface area contributed by atoms with Crippen molar-refractivity contribution in [1.82, 2.24) is 20.1 Å². The van der Waals surface area contributed by atoms with Gasteiger partial charge in [0.1, 0.15) is 11.6 Å². The summed E-state index contributed by atoms with van der Waals surface area (Å²) >= 11 is 0. The van der Waals surface area contributed by atoms with E-state index >= 15 is 0 Å². The molecule has 2 aliphatic rings. The Morgan fingerprint density at radius 2 is 2.04 bits per heavy atom. The van der Waals surface area contributed by atoms with Crippen molar-refractivity contribution in [2.75, 3.05) is 0 Å². The van der Waals surface area contributed by atoms with Gasteiger partial charge in [-0.15, -0.1) is 10.2 Å². The van der Waals surface area contributed by atoms with Crippen LogP contribution in [-0.4, -0.2) is 26.7 Å². The molecule has 5 nitrogen and oxygen atoms in total. The molecule has 0 radical (unpaired) electrons. The molecule has 2 aromatic rings. The molecule has 1 aliphatic carbocycles. The molecule has 1 atom stereocenters. The lowest BCUT2D eigenvalue weighted by molar-refractivity contribution is -0.130. The minimum absolute atomic E-state index is 0.172. The molecule has 0 saturated heterocycles. The van der Waals surface area contributed by atoms with Crippen molar-refractivity contribution in [2.24, 2.45) is 0 Å². The van der Waals surface area contributed by atoms with Gasteiger partial charge in [0.25, 0.3) is 0 Å². The highest BCUT2D eigenvalue weighted by Crippen LogP contribution is 2.44. The highest BCUT2D eigenvalue weighted by atomic mass is 16.2. The molecule has 23 heavy (non-hydrogen) atoms. The van der Waals surface area contributed by atoms with Gasteiger partial charge >= 0.3 is 0 Å². The molecule has 1 aliphatic heterocycles. The summed E-state index contributed by atoms with van der Waals surface area (Å²) in [6.45, 7) is 2.75. The highest BCUT2D eigenvalue weighted by molar-refractivity contribution is 5.89. The monoisotopic (exact) mass is 310 g/mol. The maximum Gasteiger partial charge on any atom is 0.230 e. The van der Waals surface area contributed by atoms with Gasteiger partial charge in [-0.3, -0.25) is 4.79 Å². The largest absolute Gasteiger partial charge is 0.351 e. The van der Waals surface area contributed by atoms with E-state index in [0.717, 1.165) is 55.9 Å². The number of hydrogen-bond donors (Lipinski definition) is 1. The van der Waals surface area contributed by atoms with E-state index in [1.165, 1.54) is 0 Å². The Kier molecular flexibility index (Phi) is 3.43. The maximum absolute atomic E-state index is 13.0. The second-order valence-corrected chi connectivity index (χ2v) is 6.78. The van der Waals surface area contributed by atoms with Gasteiger partial charge in [0.2, 0.25) is 5.91 Å². The van der Waals surface area contributed by atoms with Crippen molar-refractivity contribution in [3.63, 3.8) is 0 Å². The van der Waals surface area contributed by atoms with Crippen LogP contribution in [0.15, 0.2) is 30.3 Å². The minimum Gasteiger partial charge on any atom is -0.351 e. The summed E-state index contributed by atoms with van der Waals surface area (Å²) in [7, 11) is 0. The number of benzene rings is 1. The molecule has 120 valence electrons. The SMILES string of the molecule is Cc1nnc2n1C[C@H](NC(=O)C1(c3ccccc3)CCC1)CC2. The van der Waals surface area contributed by atoms with Crippen LogP contribution in [0.4, 0.5) is 0 Å². The summed E-state index contributed by atoms with van der Waals surface area (Å²) in [4.78, 5) is 13.0. The number of amides is 1. The number of carbonyl (C=O) groups excluding carboxylic acids is 1. The van der Waals surface area contributed by atoms with E-state index in [-0.39, 0.29) is 17.4 Å². The van der Waals surface area contributed by atoms with E-state index in [0.29, 0.717) is 0 Å². The van der Waals surface area contributed by atoms with Crippen molar-refractivity contribution >= 4 is 5.91 Å². The minimum atomic E-state index is -0.316. The summed E-state index contributed by atoms with van der Waals surface area (Å²) in [6.07, 6.45) is 4.85. The third kappa shape index (κ3) is 2.35. The van der Waals surface area contributed by atoms with Gasteiger partial charge in [0, 0.05) is 19.0 Å². The van der Waals surface area contributed by atoms with Gasteiger partial charge in [-0.25, -0.2) is 0 Å². The van der Waals surface area contributed by atoms with Gasteiger partial charge in [-0.2, -0.15) is 0 Å². The molecule has 1 saturated carbocycles. The molecule has 4 rings (SSSR count). The molecular formula is C18H22N4O. The zero-order chi connectivity index (χ0) is 15.9. The number of nitrogens with one attached hydrogen (secondary N) is 1. The zero-order valence-corrected chi connectivity index (χ0v) is 13.5. The van der Waals surface area contributed by atoms with E-state index in [1.807, 2.05) is 25.1 Å². The fraction of sp³-hybridized carbons (Fsp3) is 0.500. The van der Waals surface area contributed by atoms with Crippen LogP contribution < -0.4 is 5.32 Å². The van der Waals surface area contributed by atoms with Gasteiger partial charge in [-0.1, -0.05) is 36.8 Å². The third-order valence-corrected chi connectivity index (χ3v) is 5.44. The number of nitrogens with zero attached hydrogens (tertiary/aromatic N) is 3. The number of hydrogen-bond acceptors (Lipinski definition) is 3. The Hall–Kier alpha value is -2.17. The first-order valence-corrected chi connectivity index (χ1v) is 8.44. The number of carbonyl (C=O) groups is 1. The Morgan fingerprint density at radius 3 is 2.74 bits per heavy atom. The normalized spacial score (nSPS) is 22.0. The molecule has 1 N–H and O–H groups in total. The van der Waals surface area contributed by atoms with Crippen LogP contribution >= 0.6 is 0 Å². The molecule has 1 aromatic carbocycles. The van der Waals surface area contributed by atoms with Gasteiger partial charge in [0.05, 0.1) is 5.41 Å². The van der Waals surface area contributed by atoms with Crippen LogP contribution in [-0.2, 0) is 23.2 Å². The molecular weight excluding hydrogens is 288 g/mol. The van der Waals surface area contributed by atoms with Crippen LogP contribution in [0.25, 0.3) is 0 Å². The topological polar surface area (TPSA) is 59.8 Å². The van der Waals surface area contributed by atoms with E-state index < -0.39 is 0 Å². The number of aromatic nitrogens is 3. The molecule has 5 heteroatoms. The van der Waals surface area contributed by atoms with Crippen LogP contribution in [0, 0.1) is 6.92 Å². The standard InChI is InChI=1S/C18H22N4O/c1-13-20-21-16-9-8-15(12-22(13)16)19-17(23)18(10-5-11-18)14-6-3-2-4-7-14/h2-4,6-7,15H,5,8-12H2,1H3,(H,19,23)/t15-/m1/s1. The van der Waals surface area contributed by atoms with Crippen molar-refractivity contribution in [1.29, 1.82) is 0 Å². The summed E-state index contributed by atoms with van der Waals surface area (Å²) in [5.41, 5.74) is 0.838. The smallest absolute Gasteiger partial charge is 0.230 e. The average Bonchev–Trinajstić information content (AvgIpc) is 2.88. The van der Waals surface area contributed by atoms with E-state index in [9.17, 15) is 4.79 Å². The summed E-state index contributed by atoms with van der Waals surface area (Å²) < 4.78 is 2.13. The zero-order valence-electron chi connectivity index (χ0n) is 13.5. The second-order valence-electron chi connectivity index (χ2n) is 6.78. The molecule has 0 bridgehead atoms. The Morgan fingerprint density at radius 1 is 1.26 bits per heavy atom. The molecule has 0 unspecified atom stereocenters. The average molecular weight is 310 g/mol. The molecule has 0 spiro atoms. The molecule has 1 fully saturated rings. The highest BCUT2D eigenvalue weighted by Gasteiger charge is 2.46. The van der Waals surface area contributed by atoms with Crippen LogP contribution in [0.5, 0.6) is 0 Å². The van der Waals surface area contributed by atoms with E-state index in [2.05, 4.69) is 32.2 Å². The summed E-state index contributed by atoms with van der Waals surface area (Å²) in [6, 6.07) is 10.4. The van der Waals surface area contributed by atoms with Crippen molar-refractivity contribution in [3.05, 3.63) is 47.5 Å². The van der Waals surface area contributed by atoms with Crippen molar-refractivity contribution < 1.29 is 4.79 Å². The summed E-state index contributed by atoms with van der Waals surface area (Å²) in [5, 5.41) is 11.6. The predicted molar refractivity (Wildman–Crippen MR) is 87.0 cm³/mol. The lowest BCUT2D eigenvalue weighted by Gasteiger charge is -2.42. The quantitative estimate of drug-likeness (QED) is 0.945. The molecule has 1 aromatic heterocycles. The van der Waals surface area contributed by atoms with Crippen LogP contribution in [0.3, 0.4) is 0 Å². The molecule has 1 amide bonds. The molecule has 2 heterocycles. The van der Waals surface area contributed by atoms with Crippen LogP contribution in [0.2, 0.25) is 0 Å². The van der Waals surface area contributed by atoms with Gasteiger partial charge < -0.3 is 9.88 Å².